The largest absolute Gasteiger partial charge is 0.357 e. The summed E-state index contributed by atoms with van der Waals surface area (Å²) in [7, 11) is 0. The van der Waals surface area contributed by atoms with Gasteiger partial charge in [0.15, 0.2) is 10.9 Å². The second-order valence-electron chi connectivity index (χ2n) is 5.78. The van der Waals surface area contributed by atoms with Crippen LogP contribution in [0.3, 0.4) is 0 Å². The van der Waals surface area contributed by atoms with Gasteiger partial charge in [-0.2, -0.15) is 11.8 Å². The Labute approximate surface area is 139 Å². The minimum atomic E-state index is 0.340. The van der Waals surface area contributed by atoms with Crippen molar-refractivity contribution in [1.29, 1.82) is 0 Å². The molecule has 22 heavy (non-hydrogen) atoms. The highest BCUT2D eigenvalue weighted by atomic mass is 32.2. The molecule has 1 fully saturated rings. The van der Waals surface area contributed by atoms with Crippen LogP contribution in [0.15, 0.2) is 22.8 Å². The van der Waals surface area contributed by atoms with Gasteiger partial charge in [0.05, 0.1) is 12.2 Å². The van der Waals surface area contributed by atoms with Crippen molar-refractivity contribution >= 4 is 34.0 Å². The first-order valence-electron chi connectivity index (χ1n) is 7.76. The fraction of sp³-hybridized carbons (Fsp3) is 0.600. The van der Waals surface area contributed by atoms with Gasteiger partial charge in [0.2, 0.25) is 0 Å². The highest BCUT2D eigenvalue weighted by Crippen LogP contribution is 2.36. The van der Waals surface area contributed by atoms with Crippen LogP contribution >= 0.6 is 23.1 Å². The van der Waals surface area contributed by atoms with Crippen molar-refractivity contribution in [2.45, 2.75) is 38.0 Å². The van der Waals surface area contributed by atoms with Crippen LogP contribution in [0.2, 0.25) is 0 Å². The van der Waals surface area contributed by atoms with Crippen LogP contribution in [0.4, 0.5) is 0 Å². The molecule has 120 valence electrons. The van der Waals surface area contributed by atoms with Gasteiger partial charge in [-0.05, 0) is 32.4 Å². The molecule has 0 amide bonds. The number of rotatable bonds is 5. The summed E-state index contributed by atoms with van der Waals surface area (Å²) < 4.78 is 2.39. The molecule has 3 rings (SSSR count). The number of aliphatic imine (C=N–C) groups is 1. The molecule has 7 heteroatoms. The van der Waals surface area contributed by atoms with Crippen molar-refractivity contribution in [2.24, 2.45) is 4.99 Å². The Morgan fingerprint density at radius 2 is 2.41 bits per heavy atom. The van der Waals surface area contributed by atoms with Crippen molar-refractivity contribution in [3.05, 3.63) is 23.5 Å². The van der Waals surface area contributed by atoms with Crippen molar-refractivity contribution in [2.75, 3.05) is 18.8 Å². The molecule has 0 radical (unpaired) electrons. The van der Waals surface area contributed by atoms with Crippen LogP contribution in [0.5, 0.6) is 0 Å². The first-order chi connectivity index (χ1) is 10.7. The van der Waals surface area contributed by atoms with Gasteiger partial charge in [-0.25, -0.2) is 9.98 Å². The molecule has 2 aromatic rings. The lowest BCUT2D eigenvalue weighted by molar-refractivity contribution is 0.584. The normalized spacial score (nSPS) is 22.4. The highest BCUT2D eigenvalue weighted by Gasteiger charge is 2.29. The molecule has 0 spiro atoms. The number of nitrogens with zero attached hydrogens (tertiary/aromatic N) is 3. The van der Waals surface area contributed by atoms with Crippen molar-refractivity contribution < 1.29 is 0 Å². The molecule has 1 aliphatic heterocycles. The number of thiazole rings is 1. The summed E-state index contributed by atoms with van der Waals surface area (Å²) in [6.07, 6.45) is 6.68. The summed E-state index contributed by atoms with van der Waals surface area (Å²) in [6, 6.07) is 0. The van der Waals surface area contributed by atoms with Gasteiger partial charge < -0.3 is 10.6 Å². The number of aromatic nitrogens is 2. The maximum Gasteiger partial charge on any atom is 0.193 e. The summed E-state index contributed by atoms with van der Waals surface area (Å²) >= 11 is 3.71. The number of guanidine groups is 1. The summed E-state index contributed by atoms with van der Waals surface area (Å²) in [5.74, 6) is 2.16. The summed E-state index contributed by atoms with van der Waals surface area (Å²) in [6.45, 7) is 6.86. The molecule has 2 aromatic heterocycles. The molecule has 0 bridgehead atoms. The van der Waals surface area contributed by atoms with Gasteiger partial charge in [-0.1, -0.05) is 0 Å². The van der Waals surface area contributed by atoms with E-state index < -0.39 is 0 Å². The number of thioether (sulfide) groups is 1. The van der Waals surface area contributed by atoms with Crippen LogP contribution in [-0.2, 0) is 6.54 Å². The maximum atomic E-state index is 4.66. The molecule has 1 atom stereocenters. The zero-order valence-corrected chi connectivity index (χ0v) is 14.8. The number of nitrogens with one attached hydrogen (secondary N) is 2. The van der Waals surface area contributed by atoms with Gasteiger partial charge in [0, 0.05) is 35.6 Å². The van der Waals surface area contributed by atoms with Crippen LogP contribution in [0, 0.1) is 0 Å². The van der Waals surface area contributed by atoms with Crippen molar-refractivity contribution in [3.63, 3.8) is 0 Å². The smallest absolute Gasteiger partial charge is 0.193 e. The Bertz CT molecular complexity index is 611. The quantitative estimate of drug-likeness (QED) is 0.651. The Morgan fingerprint density at radius 1 is 1.50 bits per heavy atom. The summed E-state index contributed by atoms with van der Waals surface area (Å²) in [5, 5.41) is 8.85. The van der Waals surface area contributed by atoms with Gasteiger partial charge in [0.1, 0.15) is 0 Å². The molecule has 1 unspecified atom stereocenters. The van der Waals surface area contributed by atoms with Crippen LogP contribution in [-0.4, -0.2) is 38.9 Å². The second kappa shape index (κ2) is 6.91. The number of fused-ring (bicyclic) bond motifs is 1. The lowest BCUT2D eigenvalue weighted by Gasteiger charge is -2.24. The predicted molar refractivity (Wildman–Crippen MR) is 96.0 cm³/mol. The third-order valence-corrected chi connectivity index (χ3v) is 6.13. The van der Waals surface area contributed by atoms with Gasteiger partial charge in [0.25, 0.3) is 0 Å². The maximum absolute atomic E-state index is 4.66. The van der Waals surface area contributed by atoms with Crippen LogP contribution in [0.25, 0.3) is 4.96 Å². The average molecular weight is 338 g/mol. The van der Waals surface area contributed by atoms with E-state index in [1.807, 2.05) is 22.2 Å². The Hall–Kier alpha value is -1.21. The molecule has 1 aliphatic rings. The second-order valence-corrected chi connectivity index (χ2v) is 8.33. The van der Waals surface area contributed by atoms with E-state index in [0.717, 1.165) is 29.7 Å². The molecule has 0 saturated carbocycles. The molecule has 1 saturated heterocycles. The Kier molecular flexibility index (Phi) is 4.93. The molecule has 0 aliphatic carbocycles. The zero-order valence-electron chi connectivity index (χ0n) is 13.1. The molecule has 5 nitrogen and oxygen atoms in total. The third kappa shape index (κ3) is 3.76. The fourth-order valence-corrected chi connectivity index (χ4v) is 4.56. The van der Waals surface area contributed by atoms with E-state index in [1.165, 1.54) is 18.6 Å². The monoisotopic (exact) mass is 337 g/mol. The van der Waals surface area contributed by atoms with Gasteiger partial charge in [-0.3, -0.25) is 4.40 Å². The van der Waals surface area contributed by atoms with E-state index in [1.54, 1.807) is 11.3 Å². The van der Waals surface area contributed by atoms with Crippen LogP contribution < -0.4 is 10.6 Å². The van der Waals surface area contributed by atoms with E-state index >= 15 is 0 Å². The van der Waals surface area contributed by atoms with Gasteiger partial charge in [-0.15, -0.1) is 11.3 Å². The molecule has 2 N–H and O–H groups in total. The molecular formula is C15H23N5S2. The lowest BCUT2D eigenvalue weighted by Crippen LogP contribution is -2.43. The van der Waals surface area contributed by atoms with E-state index in [-0.39, 0.29) is 0 Å². The summed E-state index contributed by atoms with van der Waals surface area (Å²) in [5.41, 5.74) is 1.01. The first kappa shape index (κ1) is 15.7. The first-order valence-corrected chi connectivity index (χ1v) is 9.62. The lowest BCUT2D eigenvalue weighted by atomic mass is 10.1. The number of hydrogen-bond donors (Lipinski definition) is 2. The molecule has 0 aromatic carbocycles. The standard InChI is InChI=1S/C15H23N5S2/c1-3-16-13(18-11-15(2)5-4-7-22-15)17-9-12-10-20-6-8-21-14(20)19-12/h6,8,10H,3-5,7,9,11H2,1-2H3,(H2,16,17,18). The van der Waals surface area contributed by atoms with Crippen molar-refractivity contribution in [3.8, 4) is 0 Å². The highest BCUT2D eigenvalue weighted by molar-refractivity contribution is 8.00. The fourth-order valence-electron chi connectivity index (χ4n) is 2.60. The minimum absolute atomic E-state index is 0.340. The Balaban J connectivity index is 1.60. The number of hydrogen-bond acceptors (Lipinski definition) is 4. The average Bonchev–Trinajstić information content (AvgIpc) is 3.18. The third-order valence-electron chi connectivity index (χ3n) is 3.82. The Morgan fingerprint density at radius 3 is 3.14 bits per heavy atom. The number of imidazole rings is 1. The van der Waals surface area contributed by atoms with Gasteiger partial charge >= 0.3 is 0 Å². The molecular weight excluding hydrogens is 314 g/mol. The van der Waals surface area contributed by atoms with Crippen LogP contribution in [0.1, 0.15) is 32.4 Å². The van der Waals surface area contributed by atoms with Crippen molar-refractivity contribution in [1.82, 2.24) is 20.0 Å². The minimum Gasteiger partial charge on any atom is -0.357 e. The summed E-state index contributed by atoms with van der Waals surface area (Å²) in [4.78, 5) is 10.3. The zero-order chi connectivity index (χ0) is 15.4. The predicted octanol–water partition coefficient (Wildman–Crippen LogP) is 2.74. The SMILES string of the molecule is CCNC(=NCc1cn2ccsc2n1)NCC1(C)CCCS1. The van der Waals surface area contributed by atoms with E-state index in [4.69, 9.17) is 0 Å². The van der Waals surface area contributed by atoms with E-state index in [0.29, 0.717) is 11.3 Å². The molecule has 3 heterocycles. The van der Waals surface area contributed by atoms with E-state index in [9.17, 15) is 0 Å². The van der Waals surface area contributed by atoms with E-state index in [2.05, 4.69) is 46.2 Å². The topological polar surface area (TPSA) is 53.7 Å².